The van der Waals surface area contributed by atoms with Crippen molar-refractivity contribution in [2.45, 2.75) is 50.2 Å². The van der Waals surface area contributed by atoms with Crippen LogP contribution < -0.4 is 0 Å². The molecule has 132 valence electrons. The summed E-state index contributed by atoms with van der Waals surface area (Å²) in [6, 6.07) is 0.0651. The second-order valence-electron chi connectivity index (χ2n) is 6.24. The number of aliphatic hydroxyl groups is 1. The van der Waals surface area contributed by atoms with E-state index in [2.05, 4.69) is 15.2 Å². The minimum absolute atomic E-state index is 0.0647. The lowest BCUT2D eigenvalue weighted by atomic mass is 10.0. The molecule has 9 nitrogen and oxygen atoms in total. The van der Waals surface area contributed by atoms with Crippen LogP contribution in [-0.4, -0.2) is 50.8 Å². The summed E-state index contributed by atoms with van der Waals surface area (Å²) in [5, 5.41) is 18.6. The van der Waals surface area contributed by atoms with Crippen LogP contribution in [0.5, 0.6) is 0 Å². The van der Waals surface area contributed by atoms with Gasteiger partial charge in [-0.3, -0.25) is 4.68 Å². The Morgan fingerprint density at radius 2 is 2.21 bits per heavy atom. The summed E-state index contributed by atoms with van der Waals surface area (Å²) in [6.45, 7) is 5.76. The monoisotopic (exact) mass is 355 g/mol. The van der Waals surface area contributed by atoms with Gasteiger partial charge in [0.05, 0.1) is 12.7 Å². The minimum Gasteiger partial charge on any atom is -0.379 e. The molecule has 2 aromatic heterocycles. The molecule has 1 aliphatic rings. The molecule has 1 atom stereocenters. The van der Waals surface area contributed by atoms with Gasteiger partial charge in [0.15, 0.2) is 11.4 Å². The number of rotatable bonds is 5. The maximum Gasteiger partial charge on any atom is 0.260 e. The molecule has 1 aliphatic heterocycles. The summed E-state index contributed by atoms with van der Waals surface area (Å²) in [4.78, 5) is 4.24. The Hall–Kier alpha value is -1.78. The van der Waals surface area contributed by atoms with Crippen molar-refractivity contribution >= 4 is 10.0 Å². The van der Waals surface area contributed by atoms with E-state index in [1.54, 1.807) is 4.68 Å². The SMILES string of the molecule is CCc1noc(C2(O)CCN(S(=O)(=O)c3cnn(C(C)C)c3)C2)n1. The predicted molar refractivity (Wildman–Crippen MR) is 83.6 cm³/mol. The predicted octanol–water partition coefficient (Wildman–Crippen LogP) is 0.692. The molecular weight excluding hydrogens is 334 g/mol. The van der Waals surface area contributed by atoms with Gasteiger partial charge in [-0.05, 0) is 13.8 Å². The first-order chi connectivity index (χ1) is 11.3. The van der Waals surface area contributed by atoms with Crippen molar-refractivity contribution in [3.05, 3.63) is 24.1 Å². The molecule has 0 radical (unpaired) electrons. The van der Waals surface area contributed by atoms with Gasteiger partial charge in [0.25, 0.3) is 5.89 Å². The number of aryl methyl sites for hydroxylation is 1. The van der Waals surface area contributed by atoms with Gasteiger partial charge in [-0.2, -0.15) is 14.4 Å². The number of hydrogen-bond acceptors (Lipinski definition) is 7. The Bertz CT molecular complexity index is 828. The Labute approximate surface area is 140 Å². The first kappa shape index (κ1) is 17.1. The lowest BCUT2D eigenvalue weighted by Gasteiger charge is -2.19. The molecule has 0 bridgehead atoms. The Morgan fingerprint density at radius 3 is 2.79 bits per heavy atom. The maximum atomic E-state index is 12.7. The smallest absolute Gasteiger partial charge is 0.260 e. The van der Waals surface area contributed by atoms with E-state index < -0.39 is 15.6 Å². The zero-order chi connectivity index (χ0) is 17.5. The Kier molecular flexibility index (Phi) is 4.22. The van der Waals surface area contributed by atoms with Crippen molar-refractivity contribution < 1.29 is 18.0 Å². The fraction of sp³-hybridized carbons (Fsp3) is 0.643. The van der Waals surface area contributed by atoms with E-state index >= 15 is 0 Å². The van der Waals surface area contributed by atoms with Crippen LogP contribution in [0.1, 0.15) is 44.9 Å². The molecule has 3 rings (SSSR count). The van der Waals surface area contributed by atoms with Gasteiger partial charge < -0.3 is 9.63 Å². The van der Waals surface area contributed by atoms with Crippen molar-refractivity contribution in [1.82, 2.24) is 24.2 Å². The Morgan fingerprint density at radius 1 is 1.46 bits per heavy atom. The number of nitrogens with zero attached hydrogens (tertiary/aromatic N) is 5. The van der Waals surface area contributed by atoms with E-state index in [-0.39, 0.29) is 36.3 Å². The highest BCUT2D eigenvalue weighted by Gasteiger charge is 2.47. The largest absolute Gasteiger partial charge is 0.379 e. The molecule has 0 amide bonds. The third-order valence-electron chi connectivity index (χ3n) is 4.14. The van der Waals surface area contributed by atoms with Crippen molar-refractivity contribution in [2.24, 2.45) is 0 Å². The molecule has 10 heteroatoms. The third-order valence-corrected chi connectivity index (χ3v) is 5.94. The van der Waals surface area contributed by atoms with Gasteiger partial charge in [-0.1, -0.05) is 12.1 Å². The molecule has 0 spiro atoms. The number of β-amino-alcohol motifs (C(OH)–C–C–N with tert-alkyl or cyclic N) is 1. The molecule has 1 N–H and O–H groups in total. The van der Waals surface area contributed by atoms with Crippen LogP contribution in [0.4, 0.5) is 0 Å². The maximum absolute atomic E-state index is 12.7. The summed E-state index contributed by atoms with van der Waals surface area (Å²) in [6.07, 6.45) is 3.61. The highest BCUT2D eigenvalue weighted by Crippen LogP contribution is 2.34. The van der Waals surface area contributed by atoms with Crippen LogP contribution in [0.25, 0.3) is 0 Å². The number of sulfonamides is 1. The average Bonchev–Trinajstić information content (AvgIpc) is 3.26. The van der Waals surface area contributed by atoms with Crippen molar-refractivity contribution in [2.75, 3.05) is 13.1 Å². The molecule has 24 heavy (non-hydrogen) atoms. The molecule has 0 aliphatic carbocycles. The molecule has 1 unspecified atom stereocenters. The highest BCUT2D eigenvalue weighted by atomic mass is 32.2. The van der Waals surface area contributed by atoms with Crippen molar-refractivity contribution in [3.8, 4) is 0 Å². The van der Waals surface area contributed by atoms with Gasteiger partial charge >= 0.3 is 0 Å². The van der Waals surface area contributed by atoms with Gasteiger partial charge in [0.2, 0.25) is 10.0 Å². The van der Waals surface area contributed by atoms with E-state index in [9.17, 15) is 13.5 Å². The van der Waals surface area contributed by atoms with Crippen LogP contribution in [-0.2, 0) is 22.0 Å². The van der Waals surface area contributed by atoms with Gasteiger partial charge in [0.1, 0.15) is 4.90 Å². The quantitative estimate of drug-likeness (QED) is 0.839. The second-order valence-corrected chi connectivity index (χ2v) is 8.18. The number of hydrogen-bond donors (Lipinski definition) is 1. The van der Waals surface area contributed by atoms with E-state index in [0.717, 1.165) is 0 Å². The molecular formula is C14H21N5O4S. The van der Waals surface area contributed by atoms with Gasteiger partial charge in [-0.25, -0.2) is 8.42 Å². The van der Waals surface area contributed by atoms with E-state index in [4.69, 9.17) is 4.52 Å². The molecule has 1 saturated heterocycles. The zero-order valence-electron chi connectivity index (χ0n) is 13.9. The molecule has 0 aromatic carbocycles. The van der Waals surface area contributed by atoms with E-state index in [0.29, 0.717) is 12.2 Å². The highest BCUT2D eigenvalue weighted by molar-refractivity contribution is 7.89. The minimum atomic E-state index is -3.73. The average molecular weight is 355 g/mol. The molecule has 1 fully saturated rings. The first-order valence-corrected chi connectivity index (χ1v) is 9.30. The molecule has 3 heterocycles. The Balaban J connectivity index is 1.83. The normalized spacial score (nSPS) is 22.5. The molecule has 2 aromatic rings. The molecule has 0 saturated carbocycles. The fourth-order valence-electron chi connectivity index (χ4n) is 2.61. The second kappa shape index (κ2) is 5.94. The summed E-state index contributed by atoms with van der Waals surface area (Å²) in [5.74, 6) is 0.549. The van der Waals surface area contributed by atoms with E-state index in [1.165, 1.54) is 16.7 Å². The van der Waals surface area contributed by atoms with Crippen molar-refractivity contribution in [3.63, 3.8) is 0 Å². The first-order valence-electron chi connectivity index (χ1n) is 7.86. The number of aromatic nitrogens is 4. The van der Waals surface area contributed by atoms with Crippen LogP contribution in [0, 0.1) is 0 Å². The zero-order valence-corrected chi connectivity index (χ0v) is 14.7. The van der Waals surface area contributed by atoms with Crippen LogP contribution in [0.3, 0.4) is 0 Å². The van der Waals surface area contributed by atoms with Gasteiger partial charge in [-0.15, -0.1) is 0 Å². The van der Waals surface area contributed by atoms with Crippen LogP contribution in [0.2, 0.25) is 0 Å². The lowest BCUT2D eigenvalue weighted by Crippen LogP contribution is -2.34. The summed E-state index contributed by atoms with van der Waals surface area (Å²) in [7, 11) is -3.73. The fourth-order valence-corrected chi connectivity index (χ4v) is 4.05. The third kappa shape index (κ3) is 2.85. The topological polar surface area (TPSA) is 114 Å². The van der Waals surface area contributed by atoms with Crippen LogP contribution in [0.15, 0.2) is 21.8 Å². The summed E-state index contributed by atoms with van der Waals surface area (Å²) in [5.41, 5.74) is -1.46. The standard InChI is InChI=1S/C14H21N5O4S/c1-4-12-16-13(23-17-12)14(20)5-6-18(9-14)24(21,22)11-7-15-19(8-11)10(2)3/h7-8,10,20H,4-6,9H2,1-3H3. The van der Waals surface area contributed by atoms with Crippen LogP contribution >= 0.6 is 0 Å². The summed E-state index contributed by atoms with van der Waals surface area (Å²) >= 11 is 0. The summed E-state index contributed by atoms with van der Waals surface area (Å²) < 4.78 is 33.4. The van der Waals surface area contributed by atoms with E-state index in [1.807, 2.05) is 20.8 Å². The van der Waals surface area contributed by atoms with Gasteiger partial charge in [0, 0.05) is 31.6 Å². The van der Waals surface area contributed by atoms with Crippen molar-refractivity contribution in [1.29, 1.82) is 0 Å². The lowest BCUT2D eigenvalue weighted by molar-refractivity contribution is 0.0194.